The summed E-state index contributed by atoms with van der Waals surface area (Å²) in [4.78, 5) is 2.30. The summed E-state index contributed by atoms with van der Waals surface area (Å²) >= 11 is 0. The monoisotopic (exact) mass is 228 g/mol. The summed E-state index contributed by atoms with van der Waals surface area (Å²) in [6, 6.07) is 0.478. The predicted octanol–water partition coefficient (Wildman–Crippen LogP) is 1.47. The molecule has 0 radical (unpaired) electrons. The SMILES string of the molecule is CC(N(C)CC1(O)CCNCC1)C(C)(C)C. The predicted molar refractivity (Wildman–Crippen MR) is 68.6 cm³/mol. The minimum Gasteiger partial charge on any atom is -0.388 e. The van der Waals surface area contributed by atoms with Gasteiger partial charge in [0.25, 0.3) is 0 Å². The van der Waals surface area contributed by atoms with Crippen LogP contribution < -0.4 is 5.32 Å². The van der Waals surface area contributed by atoms with E-state index in [1.807, 2.05) is 0 Å². The smallest absolute Gasteiger partial charge is 0.0798 e. The van der Waals surface area contributed by atoms with Gasteiger partial charge in [-0.3, -0.25) is 0 Å². The Morgan fingerprint density at radius 3 is 2.25 bits per heavy atom. The molecule has 1 saturated heterocycles. The van der Waals surface area contributed by atoms with Crippen LogP contribution in [0.1, 0.15) is 40.5 Å². The number of nitrogens with one attached hydrogen (secondary N) is 1. The Morgan fingerprint density at radius 1 is 1.31 bits per heavy atom. The van der Waals surface area contributed by atoms with Gasteiger partial charge in [-0.1, -0.05) is 20.8 Å². The van der Waals surface area contributed by atoms with Gasteiger partial charge in [0.2, 0.25) is 0 Å². The molecule has 0 aromatic carbocycles. The Labute approximate surface area is 100 Å². The number of likely N-dealkylation sites (N-methyl/N-ethyl adjacent to an activating group) is 1. The molecule has 1 heterocycles. The van der Waals surface area contributed by atoms with Crippen molar-refractivity contribution >= 4 is 0 Å². The molecule has 0 aromatic rings. The third-order valence-corrected chi connectivity index (χ3v) is 3.99. The average molecular weight is 228 g/mol. The van der Waals surface area contributed by atoms with Gasteiger partial charge in [-0.25, -0.2) is 0 Å². The summed E-state index contributed by atoms with van der Waals surface area (Å²) in [6.45, 7) is 11.7. The van der Waals surface area contributed by atoms with Crippen molar-refractivity contribution in [3.05, 3.63) is 0 Å². The van der Waals surface area contributed by atoms with Gasteiger partial charge in [-0.2, -0.15) is 0 Å². The van der Waals surface area contributed by atoms with E-state index in [1.54, 1.807) is 0 Å². The molecule has 1 rings (SSSR count). The van der Waals surface area contributed by atoms with E-state index in [0.717, 1.165) is 32.5 Å². The molecule has 0 aromatic heterocycles. The molecule has 1 fully saturated rings. The van der Waals surface area contributed by atoms with Crippen LogP contribution >= 0.6 is 0 Å². The van der Waals surface area contributed by atoms with Crippen molar-refractivity contribution in [2.75, 3.05) is 26.7 Å². The number of hydrogen-bond donors (Lipinski definition) is 2. The quantitative estimate of drug-likeness (QED) is 0.768. The highest BCUT2D eigenvalue weighted by atomic mass is 16.3. The average Bonchev–Trinajstić information content (AvgIpc) is 2.15. The molecule has 0 saturated carbocycles. The molecule has 2 N–H and O–H groups in total. The second-order valence-corrected chi connectivity index (χ2v) is 6.43. The van der Waals surface area contributed by atoms with Gasteiger partial charge in [0, 0.05) is 12.6 Å². The molecule has 1 aliphatic rings. The van der Waals surface area contributed by atoms with Gasteiger partial charge in [0.1, 0.15) is 0 Å². The van der Waals surface area contributed by atoms with Gasteiger partial charge in [0.05, 0.1) is 5.60 Å². The van der Waals surface area contributed by atoms with E-state index >= 15 is 0 Å². The number of piperidine rings is 1. The molecule has 0 bridgehead atoms. The van der Waals surface area contributed by atoms with E-state index in [-0.39, 0.29) is 5.41 Å². The van der Waals surface area contributed by atoms with Crippen molar-refractivity contribution in [1.82, 2.24) is 10.2 Å². The molecule has 3 heteroatoms. The number of aliphatic hydroxyl groups is 1. The lowest BCUT2D eigenvalue weighted by atomic mass is 9.85. The van der Waals surface area contributed by atoms with Gasteiger partial charge >= 0.3 is 0 Å². The van der Waals surface area contributed by atoms with Crippen LogP contribution in [0.15, 0.2) is 0 Å². The number of rotatable bonds is 3. The minimum atomic E-state index is -0.487. The Kier molecular flexibility index (Phi) is 4.38. The van der Waals surface area contributed by atoms with Crippen LogP contribution in [-0.2, 0) is 0 Å². The highest BCUT2D eigenvalue weighted by molar-refractivity contribution is 4.89. The Bertz CT molecular complexity index is 216. The van der Waals surface area contributed by atoms with Crippen LogP contribution in [0.5, 0.6) is 0 Å². The van der Waals surface area contributed by atoms with Crippen LogP contribution in [0.25, 0.3) is 0 Å². The van der Waals surface area contributed by atoms with Crippen molar-refractivity contribution in [2.45, 2.75) is 52.2 Å². The topological polar surface area (TPSA) is 35.5 Å². The largest absolute Gasteiger partial charge is 0.388 e. The van der Waals surface area contributed by atoms with Crippen molar-refractivity contribution in [3.63, 3.8) is 0 Å². The third-order valence-electron chi connectivity index (χ3n) is 3.99. The lowest BCUT2D eigenvalue weighted by Crippen LogP contribution is -2.52. The summed E-state index contributed by atoms with van der Waals surface area (Å²) in [7, 11) is 2.12. The van der Waals surface area contributed by atoms with Crippen LogP contribution in [0.2, 0.25) is 0 Å². The zero-order chi connectivity index (χ0) is 12.4. The van der Waals surface area contributed by atoms with Crippen LogP contribution in [0.4, 0.5) is 0 Å². The van der Waals surface area contributed by atoms with Crippen molar-refractivity contribution in [3.8, 4) is 0 Å². The molecule has 1 unspecified atom stereocenters. The van der Waals surface area contributed by atoms with Crippen LogP contribution in [-0.4, -0.2) is 48.3 Å². The first-order valence-corrected chi connectivity index (χ1v) is 6.38. The van der Waals surface area contributed by atoms with Crippen molar-refractivity contribution < 1.29 is 5.11 Å². The molecule has 0 amide bonds. The Balaban J connectivity index is 2.52. The lowest BCUT2D eigenvalue weighted by molar-refractivity contribution is -0.0328. The summed E-state index contributed by atoms with van der Waals surface area (Å²) in [6.07, 6.45) is 1.74. The molecule has 3 nitrogen and oxygen atoms in total. The second-order valence-electron chi connectivity index (χ2n) is 6.43. The van der Waals surface area contributed by atoms with E-state index in [4.69, 9.17) is 0 Å². The van der Waals surface area contributed by atoms with Crippen molar-refractivity contribution in [1.29, 1.82) is 0 Å². The third kappa shape index (κ3) is 3.72. The first-order chi connectivity index (χ1) is 7.25. The molecule has 0 spiro atoms. The first-order valence-electron chi connectivity index (χ1n) is 6.38. The second kappa shape index (κ2) is 5.03. The maximum atomic E-state index is 10.5. The van der Waals surface area contributed by atoms with E-state index in [9.17, 15) is 5.11 Å². The molecule has 1 aliphatic heterocycles. The van der Waals surface area contributed by atoms with Gasteiger partial charge in [-0.15, -0.1) is 0 Å². The number of hydrogen-bond acceptors (Lipinski definition) is 3. The summed E-state index contributed by atoms with van der Waals surface area (Å²) in [5.74, 6) is 0. The fourth-order valence-corrected chi connectivity index (χ4v) is 2.31. The van der Waals surface area contributed by atoms with E-state index in [1.165, 1.54) is 0 Å². The molecule has 96 valence electrons. The molecular weight excluding hydrogens is 200 g/mol. The van der Waals surface area contributed by atoms with Gasteiger partial charge < -0.3 is 15.3 Å². The Morgan fingerprint density at radius 2 is 1.81 bits per heavy atom. The van der Waals surface area contributed by atoms with E-state index in [2.05, 4.69) is 45.0 Å². The molecular formula is C13H28N2O. The highest BCUT2D eigenvalue weighted by Crippen LogP contribution is 2.26. The maximum absolute atomic E-state index is 10.5. The summed E-state index contributed by atoms with van der Waals surface area (Å²) in [5.41, 5.74) is -0.225. The van der Waals surface area contributed by atoms with Crippen molar-refractivity contribution in [2.24, 2.45) is 5.41 Å². The van der Waals surface area contributed by atoms with Crippen LogP contribution in [0.3, 0.4) is 0 Å². The zero-order valence-electron chi connectivity index (χ0n) is 11.5. The maximum Gasteiger partial charge on any atom is 0.0798 e. The molecule has 0 aliphatic carbocycles. The van der Waals surface area contributed by atoms with E-state index < -0.39 is 5.60 Å². The normalized spacial score (nSPS) is 23.4. The summed E-state index contributed by atoms with van der Waals surface area (Å²) in [5, 5.41) is 13.8. The summed E-state index contributed by atoms with van der Waals surface area (Å²) < 4.78 is 0. The number of nitrogens with zero attached hydrogens (tertiary/aromatic N) is 1. The fourth-order valence-electron chi connectivity index (χ4n) is 2.31. The standard InChI is InChI=1S/C13H28N2O/c1-11(12(2,3)4)15(5)10-13(16)6-8-14-9-7-13/h11,14,16H,6-10H2,1-5H3. The minimum absolute atomic E-state index is 0.262. The first kappa shape index (κ1) is 13.9. The lowest BCUT2D eigenvalue weighted by Gasteiger charge is -2.41. The molecule has 1 atom stereocenters. The fraction of sp³-hybridized carbons (Fsp3) is 1.00. The van der Waals surface area contributed by atoms with Gasteiger partial charge in [-0.05, 0) is 45.3 Å². The van der Waals surface area contributed by atoms with E-state index in [0.29, 0.717) is 6.04 Å². The Hall–Kier alpha value is -0.120. The molecule has 16 heavy (non-hydrogen) atoms. The zero-order valence-corrected chi connectivity index (χ0v) is 11.5. The van der Waals surface area contributed by atoms with Gasteiger partial charge in [0.15, 0.2) is 0 Å². The highest BCUT2D eigenvalue weighted by Gasteiger charge is 2.33. The van der Waals surface area contributed by atoms with Crippen LogP contribution in [0, 0.1) is 5.41 Å².